The maximum absolute atomic E-state index is 11.0. The summed E-state index contributed by atoms with van der Waals surface area (Å²) in [5.41, 5.74) is 1.77. The summed E-state index contributed by atoms with van der Waals surface area (Å²) >= 11 is 0. The Bertz CT molecular complexity index is 488. The van der Waals surface area contributed by atoms with Crippen LogP contribution < -0.4 is 0 Å². The van der Waals surface area contributed by atoms with Crippen LogP contribution >= 0.6 is 0 Å². The Morgan fingerprint density at radius 1 is 1.45 bits per heavy atom. The van der Waals surface area contributed by atoms with Crippen LogP contribution in [0.1, 0.15) is 24.0 Å². The lowest BCUT2D eigenvalue weighted by Gasteiger charge is -2.17. The molecule has 0 saturated heterocycles. The topological polar surface area (TPSA) is 72.7 Å². The Morgan fingerprint density at radius 2 is 2.15 bits per heavy atom. The van der Waals surface area contributed by atoms with Crippen molar-refractivity contribution in [3.8, 4) is 0 Å². The van der Waals surface area contributed by atoms with E-state index in [9.17, 15) is 14.9 Å². The Kier molecular flexibility index (Phi) is 6.11. The molecule has 0 fully saturated rings. The first kappa shape index (κ1) is 16.1. The third-order valence-electron chi connectivity index (χ3n) is 3.20. The van der Waals surface area contributed by atoms with Crippen molar-refractivity contribution < 1.29 is 14.5 Å². The molecule has 0 aliphatic carbocycles. The van der Waals surface area contributed by atoms with Crippen LogP contribution in [-0.4, -0.2) is 36.5 Å². The number of hydrogen-bond acceptors (Lipinski definition) is 5. The minimum Gasteiger partial charge on any atom is -0.469 e. The van der Waals surface area contributed by atoms with Gasteiger partial charge in [0.1, 0.15) is 0 Å². The molecule has 20 heavy (non-hydrogen) atoms. The quantitative estimate of drug-likeness (QED) is 0.435. The summed E-state index contributed by atoms with van der Waals surface area (Å²) < 4.78 is 4.58. The van der Waals surface area contributed by atoms with Crippen molar-refractivity contribution in [3.63, 3.8) is 0 Å². The highest BCUT2D eigenvalue weighted by molar-refractivity contribution is 5.69. The molecular formula is C14H20N2O4. The van der Waals surface area contributed by atoms with E-state index in [0.29, 0.717) is 24.9 Å². The zero-order valence-corrected chi connectivity index (χ0v) is 12.1. The zero-order valence-electron chi connectivity index (χ0n) is 12.1. The van der Waals surface area contributed by atoms with Gasteiger partial charge in [-0.1, -0.05) is 12.1 Å². The van der Waals surface area contributed by atoms with Gasteiger partial charge in [0, 0.05) is 24.6 Å². The van der Waals surface area contributed by atoms with Crippen molar-refractivity contribution in [2.45, 2.75) is 26.3 Å². The predicted molar refractivity (Wildman–Crippen MR) is 75.4 cm³/mol. The molecule has 0 saturated carbocycles. The first-order valence-corrected chi connectivity index (χ1v) is 6.44. The van der Waals surface area contributed by atoms with Crippen molar-refractivity contribution in [2.24, 2.45) is 0 Å². The molecule has 1 aromatic carbocycles. The number of nitro benzene ring substituents is 1. The smallest absolute Gasteiger partial charge is 0.305 e. The van der Waals surface area contributed by atoms with Gasteiger partial charge < -0.3 is 9.64 Å². The number of esters is 1. The van der Waals surface area contributed by atoms with Crippen LogP contribution in [0.3, 0.4) is 0 Å². The maximum atomic E-state index is 11.0. The fourth-order valence-corrected chi connectivity index (χ4v) is 2.00. The Morgan fingerprint density at radius 3 is 2.75 bits per heavy atom. The summed E-state index contributed by atoms with van der Waals surface area (Å²) in [6.45, 7) is 3.11. The number of carbonyl (C=O) groups excluding carboxylic acids is 1. The van der Waals surface area contributed by atoms with E-state index < -0.39 is 0 Å². The van der Waals surface area contributed by atoms with Gasteiger partial charge in [-0.25, -0.2) is 0 Å². The van der Waals surface area contributed by atoms with Gasteiger partial charge in [0.2, 0.25) is 0 Å². The molecule has 0 heterocycles. The zero-order chi connectivity index (χ0) is 15.1. The van der Waals surface area contributed by atoms with E-state index in [-0.39, 0.29) is 16.6 Å². The minimum atomic E-state index is -0.365. The molecule has 6 heteroatoms. The molecule has 0 atom stereocenters. The van der Waals surface area contributed by atoms with E-state index >= 15 is 0 Å². The second-order valence-corrected chi connectivity index (χ2v) is 4.74. The van der Waals surface area contributed by atoms with Crippen molar-refractivity contribution in [3.05, 3.63) is 39.4 Å². The summed E-state index contributed by atoms with van der Waals surface area (Å²) in [6.07, 6.45) is 1.09. The highest BCUT2D eigenvalue weighted by atomic mass is 16.6. The molecule has 110 valence electrons. The van der Waals surface area contributed by atoms with E-state index in [1.165, 1.54) is 13.2 Å². The molecule has 6 nitrogen and oxygen atoms in total. The lowest BCUT2D eigenvalue weighted by atomic mass is 10.1. The van der Waals surface area contributed by atoms with Gasteiger partial charge in [0.25, 0.3) is 5.69 Å². The van der Waals surface area contributed by atoms with E-state index in [0.717, 1.165) is 12.1 Å². The largest absolute Gasteiger partial charge is 0.469 e. The maximum Gasteiger partial charge on any atom is 0.305 e. The van der Waals surface area contributed by atoms with Crippen LogP contribution in [-0.2, 0) is 16.1 Å². The van der Waals surface area contributed by atoms with E-state index in [1.807, 2.05) is 18.0 Å². The number of nitrogens with zero attached hydrogens (tertiary/aromatic N) is 2. The molecule has 0 amide bonds. The summed E-state index contributed by atoms with van der Waals surface area (Å²) in [6, 6.07) is 5.10. The standard InChI is InChI=1S/C14H20N2O4/c1-11-12(6-4-7-13(11)16(18)19)10-15(2)9-5-8-14(17)20-3/h4,6-7H,5,8-10H2,1-3H3. The molecular weight excluding hydrogens is 260 g/mol. The van der Waals surface area contributed by atoms with Gasteiger partial charge in [0.15, 0.2) is 0 Å². The number of ether oxygens (including phenoxy) is 1. The predicted octanol–water partition coefficient (Wildman–Crippen LogP) is 2.29. The highest BCUT2D eigenvalue weighted by Crippen LogP contribution is 2.22. The van der Waals surface area contributed by atoms with Gasteiger partial charge in [-0.05, 0) is 32.5 Å². The van der Waals surface area contributed by atoms with E-state index in [1.54, 1.807) is 13.0 Å². The normalized spacial score (nSPS) is 10.6. The molecule has 1 aromatic rings. The highest BCUT2D eigenvalue weighted by Gasteiger charge is 2.14. The van der Waals surface area contributed by atoms with Crippen LogP contribution in [0, 0.1) is 17.0 Å². The van der Waals surface area contributed by atoms with Crippen LogP contribution in [0.15, 0.2) is 18.2 Å². The SMILES string of the molecule is COC(=O)CCCN(C)Cc1cccc([N+](=O)[O-])c1C. The van der Waals surface area contributed by atoms with Gasteiger partial charge in [-0.15, -0.1) is 0 Å². The Labute approximate surface area is 118 Å². The van der Waals surface area contributed by atoms with Crippen LogP contribution in [0.25, 0.3) is 0 Å². The molecule has 0 spiro atoms. The summed E-state index contributed by atoms with van der Waals surface area (Å²) in [5, 5.41) is 10.9. The fraction of sp³-hybridized carbons (Fsp3) is 0.500. The molecule has 0 aromatic heterocycles. The number of carbonyl (C=O) groups is 1. The molecule has 0 N–H and O–H groups in total. The van der Waals surface area contributed by atoms with Gasteiger partial charge in [-0.3, -0.25) is 14.9 Å². The fourth-order valence-electron chi connectivity index (χ4n) is 2.00. The number of rotatable bonds is 7. The Hall–Kier alpha value is -1.95. The van der Waals surface area contributed by atoms with Crippen molar-refractivity contribution >= 4 is 11.7 Å². The third-order valence-corrected chi connectivity index (χ3v) is 3.20. The second kappa shape index (κ2) is 7.59. The van der Waals surface area contributed by atoms with Crippen LogP contribution in [0.2, 0.25) is 0 Å². The van der Waals surface area contributed by atoms with Crippen molar-refractivity contribution in [1.82, 2.24) is 4.90 Å². The van der Waals surface area contributed by atoms with Gasteiger partial charge >= 0.3 is 5.97 Å². The molecule has 0 unspecified atom stereocenters. The number of hydrogen-bond donors (Lipinski definition) is 0. The lowest BCUT2D eigenvalue weighted by molar-refractivity contribution is -0.385. The monoisotopic (exact) mass is 280 g/mol. The van der Waals surface area contributed by atoms with Crippen LogP contribution in [0.4, 0.5) is 5.69 Å². The Balaban J connectivity index is 2.58. The molecule has 0 aliphatic heterocycles. The van der Waals surface area contributed by atoms with Crippen molar-refractivity contribution in [1.29, 1.82) is 0 Å². The lowest BCUT2D eigenvalue weighted by Crippen LogP contribution is -2.20. The first-order valence-electron chi connectivity index (χ1n) is 6.44. The molecule has 0 bridgehead atoms. The number of nitro groups is 1. The summed E-state index contributed by atoms with van der Waals surface area (Å²) in [4.78, 5) is 23.6. The first-order chi connectivity index (χ1) is 9.45. The molecule has 0 aliphatic rings. The number of benzene rings is 1. The van der Waals surface area contributed by atoms with Gasteiger partial charge in [-0.2, -0.15) is 0 Å². The van der Waals surface area contributed by atoms with Gasteiger partial charge in [0.05, 0.1) is 12.0 Å². The average Bonchev–Trinajstić information content (AvgIpc) is 2.40. The summed E-state index contributed by atoms with van der Waals surface area (Å²) in [7, 11) is 3.30. The summed E-state index contributed by atoms with van der Waals surface area (Å²) in [5.74, 6) is -0.218. The van der Waals surface area contributed by atoms with E-state index in [4.69, 9.17) is 0 Å². The third kappa shape index (κ3) is 4.62. The molecule has 1 rings (SSSR count). The number of methoxy groups -OCH3 is 1. The molecule has 0 radical (unpaired) electrons. The van der Waals surface area contributed by atoms with E-state index in [2.05, 4.69) is 4.74 Å². The second-order valence-electron chi connectivity index (χ2n) is 4.74. The minimum absolute atomic E-state index is 0.144. The average molecular weight is 280 g/mol. The van der Waals surface area contributed by atoms with Crippen molar-refractivity contribution in [2.75, 3.05) is 20.7 Å². The van der Waals surface area contributed by atoms with Crippen LogP contribution in [0.5, 0.6) is 0 Å².